The van der Waals surface area contributed by atoms with Crippen molar-refractivity contribution in [3.63, 3.8) is 0 Å². The zero-order chi connectivity index (χ0) is 15.4. The molecule has 0 aromatic heterocycles. The van der Waals surface area contributed by atoms with Gasteiger partial charge in [0.2, 0.25) is 5.91 Å². The number of carbonyl (C=O) groups is 2. The van der Waals surface area contributed by atoms with Gasteiger partial charge in [-0.3, -0.25) is 4.79 Å². The number of carbonyl (C=O) groups excluding carboxylic acids is 1. The molecule has 2 aromatic carbocycles. The summed E-state index contributed by atoms with van der Waals surface area (Å²) >= 11 is 3.24. The van der Waals surface area contributed by atoms with Crippen LogP contribution in [0.4, 0.5) is 5.69 Å². The summed E-state index contributed by atoms with van der Waals surface area (Å²) in [5.41, 5.74) is 1.48. The first-order chi connectivity index (χ1) is 9.97. The van der Waals surface area contributed by atoms with Crippen LogP contribution in [-0.4, -0.2) is 17.0 Å². The third-order valence-electron chi connectivity index (χ3n) is 3.11. The van der Waals surface area contributed by atoms with E-state index >= 15 is 0 Å². The van der Waals surface area contributed by atoms with Gasteiger partial charge in [-0.15, -0.1) is 0 Å². The zero-order valence-corrected chi connectivity index (χ0v) is 12.9. The van der Waals surface area contributed by atoms with E-state index in [0.717, 1.165) is 5.56 Å². The Morgan fingerprint density at radius 2 is 1.81 bits per heavy atom. The number of nitrogens with one attached hydrogen (secondary N) is 1. The van der Waals surface area contributed by atoms with Crippen molar-refractivity contribution in [1.82, 2.24) is 0 Å². The number of anilines is 1. The molecule has 0 radical (unpaired) electrons. The number of benzene rings is 2. The summed E-state index contributed by atoms with van der Waals surface area (Å²) in [5.74, 6) is -1.54. The predicted molar refractivity (Wildman–Crippen MR) is 84.6 cm³/mol. The summed E-state index contributed by atoms with van der Waals surface area (Å²) in [6.45, 7) is 1.81. The molecule has 21 heavy (non-hydrogen) atoms. The highest BCUT2D eigenvalue weighted by atomic mass is 79.9. The van der Waals surface area contributed by atoms with Crippen LogP contribution >= 0.6 is 15.9 Å². The van der Waals surface area contributed by atoms with E-state index in [0.29, 0.717) is 10.2 Å². The van der Waals surface area contributed by atoms with Gasteiger partial charge in [0.05, 0.1) is 11.5 Å². The molecule has 0 bridgehead atoms. The molecule has 0 aliphatic carbocycles. The quantitative estimate of drug-likeness (QED) is 0.881. The average molecular weight is 348 g/mol. The van der Waals surface area contributed by atoms with Gasteiger partial charge in [0.1, 0.15) is 0 Å². The number of carboxylic acids is 1. The maximum Gasteiger partial charge on any atom is 0.335 e. The van der Waals surface area contributed by atoms with Gasteiger partial charge in [-0.05, 0) is 30.7 Å². The van der Waals surface area contributed by atoms with Crippen molar-refractivity contribution >= 4 is 33.5 Å². The second-order valence-electron chi connectivity index (χ2n) is 4.66. The van der Waals surface area contributed by atoms with Gasteiger partial charge < -0.3 is 10.4 Å². The Bertz CT molecular complexity index is 670. The monoisotopic (exact) mass is 347 g/mol. The number of rotatable bonds is 4. The van der Waals surface area contributed by atoms with Gasteiger partial charge >= 0.3 is 5.97 Å². The number of hydrogen-bond acceptors (Lipinski definition) is 2. The predicted octanol–water partition coefficient (Wildman–Crippen LogP) is 3.89. The van der Waals surface area contributed by atoms with Crippen LogP contribution in [0.2, 0.25) is 0 Å². The zero-order valence-electron chi connectivity index (χ0n) is 11.3. The summed E-state index contributed by atoms with van der Waals surface area (Å²) in [4.78, 5) is 23.2. The summed E-state index contributed by atoms with van der Waals surface area (Å²) in [7, 11) is 0. The topological polar surface area (TPSA) is 66.4 Å². The largest absolute Gasteiger partial charge is 0.478 e. The van der Waals surface area contributed by atoms with E-state index < -0.39 is 5.97 Å². The van der Waals surface area contributed by atoms with Gasteiger partial charge in [0.25, 0.3) is 0 Å². The lowest BCUT2D eigenvalue weighted by Gasteiger charge is -2.13. The summed E-state index contributed by atoms with van der Waals surface area (Å²) < 4.78 is 0.602. The highest BCUT2D eigenvalue weighted by Gasteiger charge is 2.16. The lowest BCUT2D eigenvalue weighted by Crippen LogP contribution is -2.19. The second-order valence-corrected chi connectivity index (χ2v) is 5.57. The van der Waals surface area contributed by atoms with Gasteiger partial charge in [-0.2, -0.15) is 0 Å². The molecule has 4 nitrogen and oxygen atoms in total. The van der Waals surface area contributed by atoms with Crippen molar-refractivity contribution in [1.29, 1.82) is 0 Å². The van der Waals surface area contributed by atoms with Crippen molar-refractivity contribution in [3.05, 3.63) is 64.1 Å². The molecule has 0 spiro atoms. The molecule has 1 amide bonds. The molecule has 2 aromatic rings. The number of hydrogen-bond donors (Lipinski definition) is 2. The smallest absolute Gasteiger partial charge is 0.335 e. The number of aromatic carboxylic acids is 1. The minimum absolute atomic E-state index is 0.118. The number of halogens is 1. The molecule has 108 valence electrons. The Morgan fingerprint density at radius 1 is 1.14 bits per heavy atom. The van der Waals surface area contributed by atoms with E-state index in [4.69, 9.17) is 5.11 Å². The fraction of sp³-hybridized carbons (Fsp3) is 0.125. The molecule has 2 N–H and O–H groups in total. The minimum atomic E-state index is -1.04. The van der Waals surface area contributed by atoms with E-state index in [1.54, 1.807) is 13.0 Å². The van der Waals surface area contributed by atoms with Crippen molar-refractivity contribution in [2.24, 2.45) is 0 Å². The van der Waals surface area contributed by atoms with Gasteiger partial charge in [-0.25, -0.2) is 4.79 Å². The molecule has 0 aliphatic heterocycles. The van der Waals surface area contributed by atoms with E-state index in [2.05, 4.69) is 21.2 Å². The Kier molecular flexibility index (Phi) is 4.75. The lowest BCUT2D eigenvalue weighted by molar-refractivity contribution is -0.117. The average Bonchev–Trinajstić information content (AvgIpc) is 2.46. The first-order valence-corrected chi connectivity index (χ1v) is 7.16. The molecule has 1 atom stereocenters. The fourth-order valence-corrected chi connectivity index (χ4v) is 2.42. The third kappa shape index (κ3) is 3.92. The highest BCUT2D eigenvalue weighted by Crippen LogP contribution is 2.22. The van der Waals surface area contributed by atoms with Crippen LogP contribution in [0, 0.1) is 0 Å². The Labute approximate surface area is 130 Å². The maximum atomic E-state index is 12.2. The van der Waals surface area contributed by atoms with E-state index in [9.17, 15) is 9.59 Å². The molecular formula is C16H14BrNO3. The summed E-state index contributed by atoms with van der Waals surface area (Å²) in [6, 6.07) is 14.0. The van der Waals surface area contributed by atoms with Crippen molar-refractivity contribution in [2.75, 3.05) is 5.32 Å². The van der Waals surface area contributed by atoms with Gasteiger partial charge in [-0.1, -0.05) is 46.3 Å². The van der Waals surface area contributed by atoms with Crippen molar-refractivity contribution in [3.8, 4) is 0 Å². The fourth-order valence-electron chi connectivity index (χ4n) is 1.93. The molecule has 0 fully saturated rings. The maximum absolute atomic E-state index is 12.2. The van der Waals surface area contributed by atoms with Crippen LogP contribution in [-0.2, 0) is 4.79 Å². The number of carboxylic acid groups (broad SMARTS) is 1. The van der Waals surface area contributed by atoms with Gasteiger partial charge in [0.15, 0.2) is 0 Å². The van der Waals surface area contributed by atoms with Crippen LogP contribution in [0.15, 0.2) is 53.0 Å². The normalized spacial score (nSPS) is 11.7. The minimum Gasteiger partial charge on any atom is -0.478 e. The first-order valence-electron chi connectivity index (χ1n) is 6.37. The molecular weight excluding hydrogens is 334 g/mol. The van der Waals surface area contributed by atoms with Crippen LogP contribution < -0.4 is 5.32 Å². The SMILES string of the molecule is CC(C(=O)Nc1cc(Br)cc(C(=O)O)c1)c1ccccc1. The Morgan fingerprint density at radius 3 is 2.43 bits per heavy atom. The molecule has 2 rings (SSSR count). The molecule has 0 aliphatic rings. The summed E-state index contributed by atoms with van der Waals surface area (Å²) in [6.07, 6.45) is 0. The highest BCUT2D eigenvalue weighted by molar-refractivity contribution is 9.10. The first kappa shape index (κ1) is 15.3. The van der Waals surface area contributed by atoms with Crippen molar-refractivity contribution < 1.29 is 14.7 Å². The number of amides is 1. The Balaban J connectivity index is 2.18. The van der Waals surface area contributed by atoms with E-state index in [1.807, 2.05) is 30.3 Å². The molecule has 0 saturated carbocycles. The lowest BCUT2D eigenvalue weighted by atomic mass is 10.0. The third-order valence-corrected chi connectivity index (χ3v) is 3.56. The van der Waals surface area contributed by atoms with E-state index in [1.165, 1.54) is 12.1 Å². The Hall–Kier alpha value is -2.14. The molecule has 5 heteroatoms. The van der Waals surface area contributed by atoms with Crippen LogP contribution in [0.1, 0.15) is 28.8 Å². The second kappa shape index (κ2) is 6.54. The molecule has 0 saturated heterocycles. The summed E-state index contributed by atoms with van der Waals surface area (Å²) in [5, 5.41) is 11.8. The molecule has 1 unspecified atom stereocenters. The van der Waals surface area contributed by atoms with E-state index in [-0.39, 0.29) is 17.4 Å². The van der Waals surface area contributed by atoms with Crippen LogP contribution in [0.25, 0.3) is 0 Å². The molecule has 0 heterocycles. The van der Waals surface area contributed by atoms with Crippen molar-refractivity contribution in [2.45, 2.75) is 12.8 Å². The van der Waals surface area contributed by atoms with Crippen LogP contribution in [0.3, 0.4) is 0 Å². The van der Waals surface area contributed by atoms with Crippen LogP contribution in [0.5, 0.6) is 0 Å². The standard InChI is InChI=1S/C16H14BrNO3/c1-10(11-5-3-2-4-6-11)15(19)18-14-8-12(16(20)21)7-13(17)9-14/h2-10H,1H3,(H,18,19)(H,20,21). The van der Waals surface area contributed by atoms with Gasteiger partial charge in [0, 0.05) is 10.2 Å².